The smallest absolute Gasteiger partial charge is 0.222 e. The second-order valence-corrected chi connectivity index (χ2v) is 7.26. The Morgan fingerprint density at radius 3 is 2.96 bits per heavy atom. The number of rotatable bonds is 6. The molecule has 0 aliphatic carbocycles. The van der Waals surface area contributed by atoms with Crippen molar-refractivity contribution in [1.29, 1.82) is 0 Å². The molecule has 2 aliphatic rings. The van der Waals surface area contributed by atoms with E-state index in [0.29, 0.717) is 12.3 Å². The van der Waals surface area contributed by atoms with Crippen LogP contribution in [-0.4, -0.2) is 67.1 Å². The molecule has 2 fully saturated rings. The van der Waals surface area contributed by atoms with E-state index in [2.05, 4.69) is 14.8 Å². The molecule has 1 spiro atoms. The number of ether oxygens (including phenoxy) is 1. The number of amides is 1. The van der Waals surface area contributed by atoms with E-state index in [1.54, 1.807) is 7.11 Å². The first-order chi connectivity index (χ1) is 11.7. The number of carbonyl (C=O) groups excluding carboxylic acids is 1. The zero-order chi connectivity index (χ0) is 16.8. The minimum atomic E-state index is 0.282. The normalized spacial score (nSPS) is 25.4. The maximum atomic E-state index is 12.4. The molecule has 3 heterocycles. The number of hydrogen-bond donors (Lipinski definition) is 0. The average molecular weight is 331 g/mol. The largest absolute Gasteiger partial charge is 0.383 e. The maximum Gasteiger partial charge on any atom is 0.222 e. The standard InChI is InChI=1S/C19H29N3O2/c1-24-14-13-21-11-4-8-19(15-21)9-6-18(23)22(16-19)12-7-17-5-2-3-10-20-17/h2-3,5,10H,4,6-9,11-16H2,1H3/t19-/m1/s1. The van der Waals surface area contributed by atoms with Crippen molar-refractivity contribution in [1.82, 2.24) is 14.8 Å². The van der Waals surface area contributed by atoms with E-state index < -0.39 is 0 Å². The number of likely N-dealkylation sites (tertiary alicyclic amines) is 2. The Morgan fingerprint density at radius 1 is 1.25 bits per heavy atom. The number of piperidine rings is 2. The topological polar surface area (TPSA) is 45.7 Å². The van der Waals surface area contributed by atoms with Crippen molar-refractivity contribution < 1.29 is 9.53 Å². The molecule has 0 saturated carbocycles. The van der Waals surface area contributed by atoms with Crippen molar-refractivity contribution >= 4 is 5.91 Å². The van der Waals surface area contributed by atoms with Crippen LogP contribution < -0.4 is 0 Å². The van der Waals surface area contributed by atoms with Gasteiger partial charge in [-0.05, 0) is 37.9 Å². The minimum Gasteiger partial charge on any atom is -0.383 e. The third kappa shape index (κ3) is 4.33. The van der Waals surface area contributed by atoms with Gasteiger partial charge in [-0.15, -0.1) is 0 Å². The lowest BCUT2D eigenvalue weighted by atomic mass is 9.73. The van der Waals surface area contributed by atoms with Crippen molar-refractivity contribution in [2.24, 2.45) is 5.41 Å². The van der Waals surface area contributed by atoms with Gasteiger partial charge >= 0.3 is 0 Å². The van der Waals surface area contributed by atoms with Crippen molar-refractivity contribution in [3.8, 4) is 0 Å². The molecule has 5 heteroatoms. The summed E-state index contributed by atoms with van der Waals surface area (Å²) in [7, 11) is 1.76. The van der Waals surface area contributed by atoms with E-state index in [-0.39, 0.29) is 5.41 Å². The molecule has 132 valence electrons. The number of hydrogen-bond acceptors (Lipinski definition) is 4. The highest BCUT2D eigenvalue weighted by Crippen LogP contribution is 2.38. The molecule has 0 unspecified atom stereocenters. The second-order valence-electron chi connectivity index (χ2n) is 7.26. The van der Waals surface area contributed by atoms with Crippen LogP contribution in [-0.2, 0) is 16.0 Å². The first-order valence-corrected chi connectivity index (χ1v) is 9.10. The summed E-state index contributed by atoms with van der Waals surface area (Å²) in [5.74, 6) is 0.311. The number of pyridine rings is 1. The Labute approximate surface area is 145 Å². The Morgan fingerprint density at radius 2 is 2.17 bits per heavy atom. The summed E-state index contributed by atoms with van der Waals surface area (Å²) < 4.78 is 5.23. The van der Waals surface area contributed by atoms with Crippen LogP contribution in [0.2, 0.25) is 0 Å². The van der Waals surface area contributed by atoms with Gasteiger partial charge in [-0.1, -0.05) is 6.07 Å². The molecule has 0 aromatic carbocycles. The van der Waals surface area contributed by atoms with Crippen LogP contribution in [0.3, 0.4) is 0 Å². The van der Waals surface area contributed by atoms with Gasteiger partial charge in [-0.25, -0.2) is 0 Å². The van der Waals surface area contributed by atoms with E-state index in [0.717, 1.165) is 57.9 Å². The Bertz CT molecular complexity index is 537. The first kappa shape index (κ1) is 17.4. The number of methoxy groups -OCH3 is 1. The average Bonchev–Trinajstić information content (AvgIpc) is 2.62. The third-order valence-corrected chi connectivity index (χ3v) is 5.46. The van der Waals surface area contributed by atoms with E-state index in [1.807, 2.05) is 24.4 Å². The molecule has 5 nitrogen and oxygen atoms in total. The van der Waals surface area contributed by atoms with Crippen LogP contribution in [0, 0.1) is 5.41 Å². The lowest BCUT2D eigenvalue weighted by molar-refractivity contribution is -0.139. The number of nitrogens with zero attached hydrogens (tertiary/aromatic N) is 3. The molecule has 1 atom stereocenters. The highest BCUT2D eigenvalue weighted by atomic mass is 16.5. The van der Waals surface area contributed by atoms with Gasteiger partial charge in [0.15, 0.2) is 0 Å². The summed E-state index contributed by atoms with van der Waals surface area (Å²) in [6.45, 7) is 5.74. The first-order valence-electron chi connectivity index (χ1n) is 9.10. The van der Waals surface area contributed by atoms with E-state index >= 15 is 0 Å². The minimum absolute atomic E-state index is 0.282. The lowest BCUT2D eigenvalue weighted by Crippen LogP contribution is -2.54. The van der Waals surface area contributed by atoms with Crippen LogP contribution >= 0.6 is 0 Å². The highest BCUT2D eigenvalue weighted by Gasteiger charge is 2.41. The fourth-order valence-electron chi connectivity index (χ4n) is 4.16. The maximum absolute atomic E-state index is 12.4. The van der Waals surface area contributed by atoms with Crippen molar-refractivity contribution in [3.05, 3.63) is 30.1 Å². The summed E-state index contributed by atoms with van der Waals surface area (Å²) in [5.41, 5.74) is 1.35. The Kier molecular flexibility index (Phi) is 5.85. The van der Waals surface area contributed by atoms with Crippen LogP contribution in [0.25, 0.3) is 0 Å². The van der Waals surface area contributed by atoms with Crippen LogP contribution in [0.5, 0.6) is 0 Å². The molecule has 2 saturated heterocycles. The molecular weight excluding hydrogens is 302 g/mol. The predicted molar refractivity (Wildman–Crippen MR) is 93.7 cm³/mol. The number of aromatic nitrogens is 1. The fraction of sp³-hybridized carbons (Fsp3) is 0.684. The van der Waals surface area contributed by atoms with Gasteiger partial charge in [0.1, 0.15) is 0 Å². The van der Waals surface area contributed by atoms with E-state index in [4.69, 9.17) is 4.74 Å². The van der Waals surface area contributed by atoms with Crippen LogP contribution in [0.4, 0.5) is 0 Å². The zero-order valence-electron chi connectivity index (χ0n) is 14.7. The molecule has 0 radical (unpaired) electrons. The van der Waals surface area contributed by atoms with Gasteiger partial charge in [-0.2, -0.15) is 0 Å². The number of carbonyl (C=O) groups is 1. The van der Waals surface area contributed by atoms with Crippen LogP contribution in [0.15, 0.2) is 24.4 Å². The predicted octanol–water partition coefficient (Wildman–Crippen LogP) is 1.98. The molecular formula is C19H29N3O2. The molecule has 3 rings (SSSR count). The van der Waals surface area contributed by atoms with Crippen molar-refractivity contribution in [2.75, 3.05) is 46.4 Å². The summed E-state index contributed by atoms with van der Waals surface area (Å²) in [6.07, 6.45) is 6.87. The molecule has 0 bridgehead atoms. The van der Waals surface area contributed by atoms with Gasteiger partial charge in [0.25, 0.3) is 0 Å². The summed E-state index contributed by atoms with van der Waals surface area (Å²) in [5, 5.41) is 0. The van der Waals surface area contributed by atoms with Gasteiger partial charge in [0.05, 0.1) is 6.61 Å². The van der Waals surface area contributed by atoms with E-state index in [1.165, 1.54) is 12.8 Å². The highest BCUT2D eigenvalue weighted by molar-refractivity contribution is 5.77. The zero-order valence-corrected chi connectivity index (χ0v) is 14.7. The lowest BCUT2D eigenvalue weighted by Gasteiger charge is -2.48. The third-order valence-electron chi connectivity index (χ3n) is 5.46. The summed E-state index contributed by atoms with van der Waals surface area (Å²) in [4.78, 5) is 21.3. The monoisotopic (exact) mass is 331 g/mol. The van der Waals surface area contributed by atoms with Crippen molar-refractivity contribution in [2.45, 2.75) is 32.1 Å². The molecule has 2 aliphatic heterocycles. The van der Waals surface area contributed by atoms with Gasteiger partial charge in [0.2, 0.25) is 5.91 Å². The van der Waals surface area contributed by atoms with Crippen molar-refractivity contribution in [3.63, 3.8) is 0 Å². The SMILES string of the molecule is COCCN1CCC[C@@]2(CCC(=O)N(CCc3ccccn3)C2)C1. The molecule has 0 N–H and O–H groups in total. The molecule has 1 aromatic rings. The van der Waals surface area contributed by atoms with E-state index in [9.17, 15) is 4.79 Å². The summed E-state index contributed by atoms with van der Waals surface area (Å²) in [6, 6.07) is 5.98. The fourth-order valence-corrected chi connectivity index (χ4v) is 4.16. The molecule has 1 amide bonds. The Hall–Kier alpha value is -1.46. The summed E-state index contributed by atoms with van der Waals surface area (Å²) >= 11 is 0. The molecule has 1 aromatic heterocycles. The second kappa shape index (κ2) is 8.08. The Balaban J connectivity index is 1.58. The molecule has 24 heavy (non-hydrogen) atoms. The van der Waals surface area contributed by atoms with Crippen LogP contribution in [0.1, 0.15) is 31.4 Å². The van der Waals surface area contributed by atoms with Gasteiger partial charge in [-0.3, -0.25) is 9.78 Å². The van der Waals surface area contributed by atoms with Gasteiger partial charge < -0.3 is 14.5 Å². The quantitative estimate of drug-likeness (QED) is 0.800. The van der Waals surface area contributed by atoms with Gasteiger partial charge in [0, 0.05) is 63.4 Å².